The summed E-state index contributed by atoms with van der Waals surface area (Å²) in [5, 5.41) is 12.6. The van der Waals surface area contributed by atoms with Gasteiger partial charge in [-0.2, -0.15) is 0 Å². The number of benzene rings is 1. The van der Waals surface area contributed by atoms with Crippen molar-refractivity contribution in [3.63, 3.8) is 0 Å². The van der Waals surface area contributed by atoms with Crippen LogP contribution >= 0.6 is 7.37 Å². The number of nitrogens with one attached hydrogen (secondary N) is 1. The van der Waals surface area contributed by atoms with Crippen molar-refractivity contribution in [1.82, 2.24) is 5.32 Å². The zero-order valence-corrected chi connectivity index (χ0v) is 13.3. The van der Waals surface area contributed by atoms with Crippen LogP contribution in [-0.4, -0.2) is 29.1 Å². The van der Waals surface area contributed by atoms with E-state index in [0.29, 0.717) is 19.5 Å². The van der Waals surface area contributed by atoms with Gasteiger partial charge in [0.1, 0.15) is 5.85 Å². The van der Waals surface area contributed by atoms with Gasteiger partial charge in [-0.25, -0.2) is 0 Å². The first-order valence-electron chi connectivity index (χ1n) is 7.20. The molecule has 0 aliphatic carbocycles. The van der Waals surface area contributed by atoms with Crippen molar-refractivity contribution in [2.75, 3.05) is 13.2 Å². The highest BCUT2D eigenvalue weighted by atomic mass is 31.2. The number of hydrogen-bond acceptors (Lipinski definition) is 3. The van der Waals surface area contributed by atoms with Gasteiger partial charge in [0.15, 0.2) is 0 Å². The van der Waals surface area contributed by atoms with Crippen molar-refractivity contribution >= 4 is 7.37 Å². The van der Waals surface area contributed by atoms with Crippen LogP contribution in [0.1, 0.15) is 37.3 Å². The Kier molecular flexibility index (Phi) is 7.46. The van der Waals surface area contributed by atoms with Crippen molar-refractivity contribution in [3.05, 3.63) is 35.4 Å². The van der Waals surface area contributed by atoms with Crippen LogP contribution < -0.4 is 5.32 Å². The van der Waals surface area contributed by atoms with E-state index in [2.05, 4.69) is 36.5 Å². The van der Waals surface area contributed by atoms with Crippen LogP contribution in [0.5, 0.6) is 0 Å². The molecule has 0 bridgehead atoms. The molecule has 20 heavy (non-hydrogen) atoms. The van der Waals surface area contributed by atoms with Crippen LogP contribution in [0.25, 0.3) is 0 Å². The molecule has 0 heterocycles. The molecule has 0 amide bonds. The number of hydrogen-bond donors (Lipinski definition) is 3. The molecule has 2 unspecified atom stereocenters. The van der Waals surface area contributed by atoms with E-state index in [1.54, 1.807) is 0 Å². The third-order valence-corrected chi connectivity index (χ3v) is 4.67. The SMILES string of the molecule is CCCCc1ccc(CNCCC(O)P(C)(=O)O)cc1. The fraction of sp³-hybridized carbons (Fsp3) is 0.600. The molecule has 0 aliphatic rings. The van der Waals surface area contributed by atoms with Crippen LogP contribution in [0.15, 0.2) is 24.3 Å². The number of unbranched alkanes of at least 4 members (excludes halogenated alkanes) is 1. The third kappa shape index (κ3) is 6.67. The highest BCUT2D eigenvalue weighted by molar-refractivity contribution is 7.57. The number of aliphatic hydroxyl groups excluding tert-OH is 1. The molecule has 1 aromatic carbocycles. The molecule has 0 spiro atoms. The second-order valence-electron chi connectivity index (χ2n) is 5.31. The summed E-state index contributed by atoms with van der Waals surface area (Å²) >= 11 is 0. The summed E-state index contributed by atoms with van der Waals surface area (Å²) in [5.41, 5.74) is 2.54. The maximum atomic E-state index is 11.2. The van der Waals surface area contributed by atoms with E-state index in [0.717, 1.165) is 6.42 Å². The summed E-state index contributed by atoms with van der Waals surface area (Å²) in [4.78, 5) is 9.18. The lowest BCUT2D eigenvalue weighted by Crippen LogP contribution is -2.20. The molecule has 0 fully saturated rings. The van der Waals surface area contributed by atoms with E-state index in [-0.39, 0.29) is 0 Å². The lowest BCUT2D eigenvalue weighted by molar-refractivity contribution is 0.220. The van der Waals surface area contributed by atoms with E-state index < -0.39 is 13.2 Å². The predicted octanol–water partition coefficient (Wildman–Crippen LogP) is 2.73. The van der Waals surface area contributed by atoms with Crippen LogP contribution in [0, 0.1) is 0 Å². The Morgan fingerprint density at radius 1 is 1.25 bits per heavy atom. The molecule has 0 aromatic heterocycles. The molecule has 0 aliphatic heterocycles. The summed E-state index contributed by atoms with van der Waals surface area (Å²) in [7, 11) is -3.37. The van der Waals surface area contributed by atoms with Crippen molar-refractivity contribution in [2.45, 2.75) is 45.0 Å². The number of aryl methyl sites for hydroxylation is 1. The van der Waals surface area contributed by atoms with Crippen LogP contribution in [0.4, 0.5) is 0 Å². The molecule has 0 saturated heterocycles. The van der Waals surface area contributed by atoms with E-state index in [1.165, 1.54) is 30.6 Å². The fourth-order valence-corrected chi connectivity index (χ4v) is 2.52. The second-order valence-corrected chi connectivity index (χ2v) is 7.79. The molecule has 1 aromatic rings. The minimum Gasteiger partial charge on any atom is -0.383 e. The maximum Gasteiger partial charge on any atom is 0.225 e. The maximum absolute atomic E-state index is 11.2. The van der Waals surface area contributed by atoms with Crippen LogP contribution in [0.2, 0.25) is 0 Å². The minimum absolute atomic E-state index is 0.291. The number of aliphatic hydroxyl groups is 1. The Hall–Kier alpha value is -0.670. The Balaban J connectivity index is 2.27. The summed E-state index contributed by atoms with van der Waals surface area (Å²) in [6.45, 7) is 4.61. The van der Waals surface area contributed by atoms with Crippen molar-refractivity contribution in [1.29, 1.82) is 0 Å². The van der Waals surface area contributed by atoms with E-state index in [9.17, 15) is 14.6 Å². The highest BCUT2D eigenvalue weighted by Crippen LogP contribution is 2.41. The van der Waals surface area contributed by atoms with Crippen molar-refractivity contribution < 1.29 is 14.6 Å². The van der Waals surface area contributed by atoms with Crippen molar-refractivity contribution in [2.24, 2.45) is 0 Å². The normalized spacial score (nSPS) is 15.8. The molecule has 5 heteroatoms. The zero-order chi connectivity index (χ0) is 15.0. The smallest absolute Gasteiger partial charge is 0.225 e. The molecule has 114 valence electrons. The standard InChI is InChI=1S/C15H26NO3P/c1-3-4-5-13-6-8-14(9-7-13)12-16-11-10-15(17)20(2,18)19/h6-9,15-17H,3-5,10-12H2,1-2H3,(H,18,19). The second kappa shape index (κ2) is 8.58. The molecule has 0 radical (unpaired) electrons. The molecular weight excluding hydrogens is 273 g/mol. The first-order valence-corrected chi connectivity index (χ1v) is 9.37. The third-order valence-electron chi connectivity index (χ3n) is 3.30. The largest absolute Gasteiger partial charge is 0.383 e. The van der Waals surface area contributed by atoms with Crippen molar-refractivity contribution in [3.8, 4) is 0 Å². The average molecular weight is 299 g/mol. The molecule has 1 rings (SSSR count). The van der Waals surface area contributed by atoms with Gasteiger partial charge in [-0.15, -0.1) is 0 Å². The van der Waals surface area contributed by atoms with Gasteiger partial charge in [0.05, 0.1) is 0 Å². The van der Waals surface area contributed by atoms with Gasteiger partial charge in [-0.05, 0) is 36.9 Å². The predicted molar refractivity (Wildman–Crippen MR) is 83.1 cm³/mol. The summed E-state index contributed by atoms with van der Waals surface area (Å²) in [6, 6.07) is 8.50. The zero-order valence-electron chi connectivity index (χ0n) is 12.4. The highest BCUT2D eigenvalue weighted by Gasteiger charge is 2.21. The van der Waals surface area contributed by atoms with E-state index in [1.807, 2.05) is 0 Å². The monoisotopic (exact) mass is 299 g/mol. The Morgan fingerprint density at radius 3 is 2.40 bits per heavy atom. The van der Waals surface area contributed by atoms with Gasteiger partial charge in [0, 0.05) is 13.2 Å². The van der Waals surface area contributed by atoms with Gasteiger partial charge < -0.3 is 15.3 Å². The minimum atomic E-state index is -3.37. The van der Waals surface area contributed by atoms with Gasteiger partial charge >= 0.3 is 0 Å². The average Bonchev–Trinajstić information content (AvgIpc) is 2.41. The van der Waals surface area contributed by atoms with Crippen LogP contribution in [0.3, 0.4) is 0 Å². The van der Waals surface area contributed by atoms with E-state index in [4.69, 9.17) is 0 Å². The summed E-state index contributed by atoms with van der Waals surface area (Å²) in [5.74, 6) is -1.13. The van der Waals surface area contributed by atoms with Gasteiger partial charge in [0.2, 0.25) is 7.37 Å². The van der Waals surface area contributed by atoms with Gasteiger partial charge in [-0.3, -0.25) is 4.57 Å². The summed E-state index contributed by atoms with van der Waals surface area (Å²) in [6.07, 6.45) is 3.84. The molecule has 4 nitrogen and oxygen atoms in total. The molecule has 0 saturated carbocycles. The molecular formula is C15H26NO3P. The van der Waals surface area contributed by atoms with Gasteiger partial charge in [0.25, 0.3) is 0 Å². The first-order chi connectivity index (χ1) is 9.43. The first kappa shape index (κ1) is 17.4. The molecule has 3 N–H and O–H groups in total. The fourth-order valence-electron chi connectivity index (χ4n) is 1.91. The summed E-state index contributed by atoms with van der Waals surface area (Å²) < 4.78 is 11.2. The topological polar surface area (TPSA) is 69.6 Å². The Morgan fingerprint density at radius 2 is 1.85 bits per heavy atom. The van der Waals surface area contributed by atoms with E-state index >= 15 is 0 Å². The number of rotatable bonds is 9. The van der Waals surface area contributed by atoms with Gasteiger partial charge in [-0.1, -0.05) is 37.6 Å². The quantitative estimate of drug-likeness (QED) is 0.484. The van der Waals surface area contributed by atoms with Crippen LogP contribution in [-0.2, 0) is 17.5 Å². The lowest BCUT2D eigenvalue weighted by atomic mass is 10.1. The lowest BCUT2D eigenvalue weighted by Gasteiger charge is -2.14. The molecule has 2 atom stereocenters. The Labute approximate surface area is 121 Å². The Bertz CT molecular complexity index is 427.